The molecule has 1 fully saturated rings. The average molecular weight is 250 g/mol. The van der Waals surface area contributed by atoms with Crippen molar-refractivity contribution in [2.45, 2.75) is 18.5 Å². The Morgan fingerprint density at radius 1 is 0.842 bits per heavy atom. The highest BCUT2D eigenvalue weighted by Gasteiger charge is 2.39. The molecule has 0 amide bonds. The Morgan fingerprint density at radius 2 is 1.63 bits per heavy atom. The Hall–Kier alpha value is -1.80. The van der Waals surface area contributed by atoms with Crippen molar-refractivity contribution in [1.82, 2.24) is 5.32 Å². The van der Waals surface area contributed by atoms with Crippen LogP contribution in [-0.2, 0) is 0 Å². The second kappa shape index (κ2) is 4.39. The van der Waals surface area contributed by atoms with E-state index in [1.807, 2.05) is 0 Å². The molecule has 0 spiro atoms. The van der Waals surface area contributed by atoms with Crippen molar-refractivity contribution in [2.75, 3.05) is 11.9 Å². The smallest absolute Gasteiger partial charge is 0.0560 e. The molecule has 0 saturated carbocycles. The van der Waals surface area contributed by atoms with Crippen molar-refractivity contribution >= 4 is 5.69 Å². The molecule has 2 N–H and O–H groups in total. The van der Waals surface area contributed by atoms with Crippen molar-refractivity contribution < 1.29 is 0 Å². The zero-order valence-corrected chi connectivity index (χ0v) is 10.8. The van der Waals surface area contributed by atoms with E-state index in [9.17, 15) is 0 Å². The quantitative estimate of drug-likeness (QED) is 0.809. The van der Waals surface area contributed by atoms with Crippen molar-refractivity contribution in [2.24, 2.45) is 5.92 Å². The average Bonchev–Trinajstić information content (AvgIpc) is 2.97. The van der Waals surface area contributed by atoms with Crippen LogP contribution in [0.5, 0.6) is 0 Å². The molecule has 0 radical (unpaired) electrons. The van der Waals surface area contributed by atoms with Gasteiger partial charge in [-0.25, -0.2) is 0 Å². The molecular formula is C17H18N2. The molecule has 2 heterocycles. The van der Waals surface area contributed by atoms with Gasteiger partial charge < -0.3 is 10.6 Å². The van der Waals surface area contributed by atoms with E-state index in [0.717, 1.165) is 6.54 Å². The maximum atomic E-state index is 3.74. The molecule has 0 unspecified atom stereocenters. The third-order valence-electron chi connectivity index (χ3n) is 4.46. The molecule has 2 aromatic rings. The lowest BCUT2D eigenvalue weighted by molar-refractivity contribution is 0.391. The maximum Gasteiger partial charge on any atom is 0.0560 e. The van der Waals surface area contributed by atoms with Crippen molar-refractivity contribution in [1.29, 1.82) is 0 Å². The molecule has 2 aromatic carbocycles. The zero-order chi connectivity index (χ0) is 12.7. The highest BCUT2D eigenvalue weighted by Crippen LogP contribution is 2.46. The van der Waals surface area contributed by atoms with Gasteiger partial charge in [0, 0.05) is 17.6 Å². The van der Waals surface area contributed by atoms with Crippen molar-refractivity contribution in [3.05, 3.63) is 65.7 Å². The Labute approximate surface area is 113 Å². The van der Waals surface area contributed by atoms with Gasteiger partial charge in [0.15, 0.2) is 0 Å². The highest BCUT2D eigenvalue weighted by atomic mass is 15.0. The summed E-state index contributed by atoms with van der Waals surface area (Å²) in [5.41, 5.74) is 4.11. The van der Waals surface area contributed by atoms with Gasteiger partial charge in [-0.2, -0.15) is 0 Å². The van der Waals surface area contributed by atoms with Gasteiger partial charge in [-0.1, -0.05) is 48.5 Å². The van der Waals surface area contributed by atoms with E-state index in [1.165, 1.54) is 23.2 Å². The van der Waals surface area contributed by atoms with Crippen LogP contribution in [0, 0.1) is 5.92 Å². The summed E-state index contributed by atoms with van der Waals surface area (Å²) in [4.78, 5) is 0. The van der Waals surface area contributed by atoms with Crippen LogP contribution in [0.15, 0.2) is 54.6 Å². The van der Waals surface area contributed by atoms with Crippen LogP contribution in [0.3, 0.4) is 0 Å². The summed E-state index contributed by atoms with van der Waals surface area (Å²) >= 11 is 0. The molecule has 4 rings (SSSR count). The molecule has 0 aliphatic carbocycles. The molecule has 96 valence electrons. The Bertz CT molecular complexity index is 579. The Balaban J connectivity index is 1.79. The van der Waals surface area contributed by atoms with Gasteiger partial charge in [-0.05, 0) is 30.2 Å². The van der Waals surface area contributed by atoms with Crippen LogP contribution in [0.2, 0.25) is 0 Å². The lowest BCUT2D eigenvalue weighted by Crippen LogP contribution is -2.32. The standard InChI is InChI=1S/C17H18N2/c1-2-6-12(7-3-1)16-14-10-11-18-17(14)13-8-4-5-9-15(13)19-16/h1-9,14,16-19H,10-11H2/t14-,16+,17+/m1/s1. The number of para-hydroxylation sites is 1. The minimum Gasteiger partial charge on any atom is -0.378 e. The molecule has 19 heavy (non-hydrogen) atoms. The molecule has 2 aliphatic rings. The van der Waals surface area contributed by atoms with Crippen LogP contribution < -0.4 is 10.6 Å². The van der Waals surface area contributed by atoms with Crippen LogP contribution in [0.4, 0.5) is 5.69 Å². The summed E-state index contributed by atoms with van der Waals surface area (Å²) in [7, 11) is 0. The number of nitrogens with one attached hydrogen (secondary N) is 2. The Morgan fingerprint density at radius 3 is 2.53 bits per heavy atom. The van der Waals surface area contributed by atoms with Gasteiger partial charge in [0.25, 0.3) is 0 Å². The number of benzene rings is 2. The first-order valence-corrected chi connectivity index (χ1v) is 7.07. The first-order chi connectivity index (χ1) is 9.43. The van der Waals surface area contributed by atoms with Gasteiger partial charge in [-0.15, -0.1) is 0 Å². The third kappa shape index (κ3) is 1.75. The van der Waals surface area contributed by atoms with Crippen LogP contribution in [0.1, 0.15) is 29.6 Å². The first kappa shape index (κ1) is 11.1. The minimum atomic E-state index is 0.427. The first-order valence-electron chi connectivity index (χ1n) is 7.07. The van der Waals surface area contributed by atoms with Crippen molar-refractivity contribution in [3.8, 4) is 0 Å². The molecule has 2 nitrogen and oxygen atoms in total. The predicted octanol–water partition coefficient (Wildman–Crippen LogP) is 3.50. The fourth-order valence-electron chi connectivity index (χ4n) is 3.59. The van der Waals surface area contributed by atoms with E-state index < -0.39 is 0 Å². The molecule has 3 atom stereocenters. The van der Waals surface area contributed by atoms with Gasteiger partial charge in [0.05, 0.1) is 6.04 Å². The SMILES string of the molecule is c1ccc([C@@H]2Nc3ccccc3[C@@H]3NCC[C@H]23)cc1. The second-order valence-corrected chi connectivity index (χ2v) is 5.50. The number of fused-ring (bicyclic) bond motifs is 3. The summed E-state index contributed by atoms with van der Waals surface area (Å²) in [6.45, 7) is 1.12. The highest BCUT2D eigenvalue weighted by molar-refractivity contribution is 5.57. The summed E-state index contributed by atoms with van der Waals surface area (Å²) in [5.74, 6) is 0.650. The van der Waals surface area contributed by atoms with Gasteiger partial charge in [0.2, 0.25) is 0 Å². The van der Waals surface area contributed by atoms with Gasteiger partial charge in [0.1, 0.15) is 0 Å². The van der Waals surface area contributed by atoms with Gasteiger partial charge >= 0.3 is 0 Å². The van der Waals surface area contributed by atoms with E-state index in [2.05, 4.69) is 65.2 Å². The molecule has 2 heteroatoms. The summed E-state index contributed by atoms with van der Waals surface area (Å²) in [6, 6.07) is 20.5. The molecule has 2 aliphatic heterocycles. The predicted molar refractivity (Wildman–Crippen MR) is 78.1 cm³/mol. The van der Waals surface area contributed by atoms with E-state index in [0.29, 0.717) is 18.0 Å². The fourth-order valence-corrected chi connectivity index (χ4v) is 3.59. The van der Waals surface area contributed by atoms with Crippen LogP contribution in [0.25, 0.3) is 0 Å². The summed E-state index contributed by atoms with van der Waals surface area (Å²) in [5, 5.41) is 7.42. The number of anilines is 1. The van der Waals surface area contributed by atoms with Gasteiger partial charge in [-0.3, -0.25) is 0 Å². The Kier molecular flexibility index (Phi) is 2.56. The lowest BCUT2D eigenvalue weighted by atomic mass is 9.80. The number of hydrogen-bond donors (Lipinski definition) is 2. The lowest BCUT2D eigenvalue weighted by Gasteiger charge is -2.37. The van der Waals surface area contributed by atoms with E-state index >= 15 is 0 Å². The topological polar surface area (TPSA) is 24.1 Å². The maximum absolute atomic E-state index is 3.74. The minimum absolute atomic E-state index is 0.427. The second-order valence-electron chi connectivity index (χ2n) is 5.50. The molecule has 0 bridgehead atoms. The summed E-state index contributed by atoms with van der Waals surface area (Å²) in [6.07, 6.45) is 1.24. The molecule has 1 saturated heterocycles. The van der Waals surface area contributed by atoms with E-state index in [1.54, 1.807) is 0 Å². The third-order valence-corrected chi connectivity index (χ3v) is 4.46. The van der Waals surface area contributed by atoms with E-state index in [4.69, 9.17) is 0 Å². The number of rotatable bonds is 1. The van der Waals surface area contributed by atoms with Crippen molar-refractivity contribution in [3.63, 3.8) is 0 Å². The normalized spacial score (nSPS) is 28.3. The fraction of sp³-hybridized carbons (Fsp3) is 0.294. The largest absolute Gasteiger partial charge is 0.378 e. The summed E-state index contributed by atoms with van der Waals surface area (Å²) < 4.78 is 0. The molecular weight excluding hydrogens is 232 g/mol. The monoisotopic (exact) mass is 250 g/mol. The van der Waals surface area contributed by atoms with Crippen LogP contribution in [-0.4, -0.2) is 6.54 Å². The van der Waals surface area contributed by atoms with Crippen LogP contribution >= 0.6 is 0 Å². The number of hydrogen-bond acceptors (Lipinski definition) is 2. The van der Waals surface area contributed by atoms with E-state index in [-0.39, 0.29) is 0 Å². The molecule has 0 aromatic heterocycles. The zero-order valence-electron chi connectivity index (χ0n) is 10.8.